The summed E-state index contributed by atoms with van der Waals surface area (Å²) in [7, 11) is -3.43. The summed E-state index contributed by atoms with van der Waals surface area (Å²) in [6, 6.07) is 20.7. The van der Waals surface area contributed by atoms with Crippen LogP contribution in [0.1, 0.15) is 31.8 Å². The number of amides is 2. The molecule has 0 saturated heterocycles. The first-order valence-corrected chi connectivity index (χ1v) is 11.4. The Bertz CT molecular complexity index is 1210. The lowest BCUT2D eigenvalue weighted by Crippen LogP contribution is -2.23. The summed E-state index contributed by atoms with van der Waals surface area (Å²) in [5, 5.41) is 5.64. The van der Waals surface area contributed by atoms with E-state index in [9.17, 15) is 18.0 Å². The molecule has 0 radical (unpaired) electrons. The fraction of sp³-hybridized carbons (Fsp3) is 0.130. The van der Waals surface area contributed by atoms with Crippen molar-refractivity contribution >= 4 is 33.2 Å². The van der Waals surface area contributed by atoms with Gasteiger partial charge in [0.25, 0.3) is 11.8 Å². The van der Waals surface area contributed by atoms with Crippen molar-refractivity contribution in [3.8, 4) is 0 Å². The van der Waals surface area contributed by atoms with E-state index in [4.69, 9.17) is 0 Å². The molecule has 0 aromatic heterocycles. The quantitative estimate of drug-likeness (QED) is 0.526. The molecule has 0 fully saturated rings. The van der Waals surface area contributed by atoms with E-state index < -0.39 is 10.0 Å². The van der Waals surface area contributed by atoms with Gasteiger partial charge in [-0.1, -0.05) is 35.9 Å². The summed E-state index contributed by atoms with van der Waals surface area (Å²) in [5.41, 5.74) is 3.71. The highest BCUT2D eigenvalue weighted by atomic mass is 32.2. The van der Waals surface area contributed by atoms with Gasteiger partial charge in [0, 0.05) is 29.0 Å². The molecular formula is C23H23N3O4S. The number of hydrogen-bond donors (Lipinski definition) is 3. The van der Waals surface area contributed by atoms with Crippen LogP contribution in [-0.4, -0.2) is 26.5 Å². The van der Waals surface area contributed by atoms with Gasteiger partial charge in [-0.3, -0.25) is 14.3 Å². The van der Waals surface area contributed by atoms with Gasteiger partial charge in [-0.05, 0) is 55.0 Å². The monoisotopic (exact) mass is 437 g/mol. The fourth-order valence-electron chi connectivity index (χ4n) is 2.89. The molecule has 31 heavy (non-hydrogen) atoms. The average molecular weight is 438 g/mol. The minimum Gasteiger partial charge on any atom is -0.348 e. The van der Waals surface area contributed by atoms with Crippen LogP contribution in [0.5, 0.6) is 0 Å². The van der Waals surface area contributed by atoms with Crippen molar-refractivity contribution in [2.45, 2.75) is 13.5 Å². The zero-order chi connectivity index (χ0) is 22.4. The predicted molar refractivity (Wildman–Crippen MR) is 122 cm³/mol. The molecule has 8 heteroatoms. The second kappa shape index (κ2) is 9.44. The number of carbonyl (C=O) groups is 2. The van der Waals surface area contributed by atoms with E-state index in [1.54, 1.807) is 48.5 Å². The Morgan fingerprint density at radius 1 is 0.806 bits per heavy atom. The molecule has 0 atom stereocenters. The van der Waals surface area contributed by atoms with Crippen molar-refractivity contribution in [3.05, 3.63) is 95.1 Å². The lowest BCUT2D eigenvalue weighted by atomic mass is 10.1. The molecule has 3 rings (SSSR count). The van der Waals surface area contributed by atoms with E-state index in [1.165, 1.54) is 6.07 Å². The Kier molecular flexibility index (Phi) is 6.71. The second-order valence-electron chi connectivity index (χ2n) is 7.16. The van der Waals surface area contributed by atoms with E-state index in [2.05, 4.69) is 15.4 Å². The summed E-state index contributed by atoms with van der Waals surface area (Å²) < 4.78 is 25.1. The molecule has 0 heterocycles. The number of carbonyl (C=O) groups excluding carboxylic acids is 2. The Balaban J connectivity index is 1.62. The van der Waals surface area contributed by atoms with Gasteiger partial charge in [-0.15, -0.1) is 0 Å². The van der Waals surface area contributed by atoms with E-state index in [-0.39, 0.29) is 18.4 Å². The van der Waals surface area contributed by atoms with Crippen LogP contribution >= 0.6 is 0 Å². The van der Waals surface area contributed by atoms with Gasteiger partial charge in [0.15, 0.2) is 0 Å². The van der Waals surface area contributed by atoms with Crippen molar-refractivity contribution in [1.29, 1.82) is 0 Å². The third-order valence-electron chi connectivity index (χ3n) is 4.38. The first kappa shape index (κ1) is 22.0. The Labute approximate surface area is 181 Å². The zero-order valence-electron chi connectivity index (χ0n) is 17.2. The highest BCUT2D eigenvalue weighted by Crippen LogP contribution is 2.15. The molecule has 0 spiro atoms. The fourth-order valence-corrected chi connectivity index (χ4v) is 3.44. The molecular weight excluding hydrogens is 414 g/mol. The molecule has 3 aromatic carbocycles. The molecule has 0 aliphatic carbocycles. The SMILES string of the molecule is Cc1ccc(C(=O)Nc2cccc(CNC(=O)c3cccc(NS(C)(=O)=O)c3)c2)cc1. The number of hydrogen-bond acceptors (Lipinski definition) is 4. The van der Waals surface area contributed by atoms with Gasteiger partial charge >= 0.3 is 0 Å². The van der Waals surface area contributed by atoms with Crippen LogP contribution < -0.4 is 15.4 Å². The van der Waals surface area contributed by atoms with Crippen molar-refractivity contribution < 1.29 is 18.0 Å². The number of nitrogens with one attached hydrogen (secondary N) is 3. The number of aryl methyl sites for hydroxylation is 1. The first-order chi connectivity index (χ1) is 14.7. The molecule has 3 aromatic rings. The Morgan fingerprint density at radius 2 is 1.48 bits per heavy atom. The van der Waals surface area contributed by atoms with Crippen LogP contribution in [0.4, 0.5) is 11.4 Å². The lowest BCUT2D eigenvalue weighted by molar-refractivity contribution is 0.0950. The minimum atomic E-state index is -3.43. The van der Waals surface area contributed by atoms with Crippen LogP contribution in [0.15, 0.2) is 72.8 Å². The van der Waals surface area contributed by atoms with E-state index in [1.807, 2.05) is 25.1 Å². The molecule has 3 N–H and O–H groups in total. The topological polar surface area (TPSA) is 104 Å². The summed E-state index contributed by atoms with van der Waals surface area (Å²) in [6.07, 6.45) is 1.05. The Hall–Kier alpha value is -3.65. The highest BCUT2D eigenvalue weighted by Gasteiger charge is 2.09. The Morgan fingerprint density at radius 3 is 2.19 bits per heavy atom. The maximum atomic E-state index is 12.5. The summed E-state index contributed by atoms with van der Waals surface area (Å²) in [4.78, 5) is 24.8. The van der Waals surface area contributed by atoms with Crippen molar-refractivity contribution in [3.63, 3.8) is 0 Å². The normalized spacial score (nSPS) is 10.9. The number of benzene rings is 3. The third-order valence-corrected chi connectivity index (χ3v) is 4.99. The molecule has 2 amide bonds. The van der Waals surface area contributed by atoms with Crippen LogP contribution in [0.3, 0.4) is 0 Å². The zero-order valence-corrected chi connectivity index (χ0v) is 18.0. The van der Waals surface area contributed by atoms with Gasteiger partial charge in [0.1, 0.15) is 0 Å². The van der Waals surface area contributed by atoms with Gasteiger partial charge in [-0.2, -0.15) is 0 Å². The molecule has 7 nitrogen and oxygen atoms in total. The van der Waals surface area contributed by atoms with Crippen molar-refractivity contribution in [2.24, 2.45) is 0 Å². The molecule has 0 unspecified atom stereocenters. The van der Waals surface area contributed by atoms with Crippen molar-refractivity contribution in [2.75, 3.05) is 16.3 Å². The first-order valence-electron chi connectivity index (χ1n) is 9.53. The number of rotatable bonds is 7. The molecule has 160 valence electrons. The molecule has 0 saturated carbocycles. The number of sulfonamides is 1. The predicted octanol–water partition coefficient (Wildman–Crippen LogP) is 3.55. The maximum Gasteiger partial charge on any atom is 0.255 e. The average Bonchev–Trinajstić information content (AvgIpc) is 2.71. The standard InChI is InChI=1S/C23H23N3O4S/c1-16-9-11-18(12-10-16)23(28)25-20-7-3-5-17(13-20)15-24-22(27)19-6-4-8-21(14-19)26-31(2,29)30/h3-14,26H,15H2,1-2H3,(H,24,27)(H,25,28). The third kappa shape index (κ3) is 6.68. The molecule has 0 bridgehead atoms. The summed E-state index contributed by atoms with van der Waals surface area (Å²) in [5.74, 6) is -0.553. The van der Waals surface area contributed by atoms with Crippen LogP contribution in [0, 0.1) is 6.92 Å². The largest absolute Gasteiger partial charge is 0.348 e. The van der Waals surface area contributed by atoms with Gasteiger partial charge in [0.05, 0.1) is 6.26 Å². The molecule has 0 aliphatic heterocycles. The van der Waals surface area contributed by atoms with E-state index in [0.29, 0.717) is 22.5 Å². The van der Waals surface area contributed by atoms with Gasteiger partial charge in [0.2, 0.25) is 10.0 Å². The van der Waals surface area contributed by atoms with Gasteiger partial charge in [-0.25, -0.2) is 8.42 Å². The lowest BCUT2D eigenvalue weighted by Gasteiger charge is -2.10. The minimum absolute atomic E-state index is 0.212. The summed E-state index contributed by atoms with van der Waals surface area (Å²) in [6.45, 7) is 2.20. The maximum absolute atomic E-state index is 12.5. The van der Waals surface area contributed by atoms with Gasteiger partial charge < -0.3 is 10.6 Å². The van der Waals surface area contributed by atoms with E-state index >= 15 is 0 Å². The van der Waals surface area contributed by atoms with Crippen molar-refractivity contribution in [1.82, 2.24) is 5.32 Å². The smallest absolute Gasteiger partial charge is 0.255 e. The van der Waals surface area contributed by atoms with E-state index in [0.717, 1.165) is 17.4 Å². The highest BCUT2D eigenvalue weighted by molar-refractivity contribution is 7.92. The number of anilines is 2. The summed E-state index contributed by atoms with van der Waals surface area (Å²) >= 11 is 0. The second-order valence-corrected chi connectivity index (χ2v) is 8.91. The van der Waals surface area contributed by atoms with Crippen LogP contribution in [0.2, 0.25) is 0 Å². The van der Waals surface area contributed by atoms with Crippen LogP contribution in [0.25, 0.3) is 0 Å². The molecule has 0 aliphatic rings. The van der Waals surface area contributed by atoms with Crippen LogP contribution in [-0.2, 0) is 16.6 Å².